The third-order valence-electron chi connectivity index (χ3n) is 5.69. The molecule has 7 nitrogen and oxygen atoms in total. The second-order valence-corrected chi connectivity index (χ2v) is 8.97. The number of benzene rings is 2. The number of nitrogens with two attached hydrogens (primary N) is 1. The van der Waals surface area contributed by atoms with Gasteiger partial charge in [-0.05, 0) is 35.4 Å². The quantitative estimate of drug-likeness (QED) is 0.346. The van der Waals surface area contributed by atoms with Gasteiger partial charge < -0.3 is 25.4 Å². The van der Waals surface area contributed by atoms with Crippen molar-refractivity contribution in [1.29, 1.82) is 0 Å². The molecule has 33 heavy (non-hydrogen) atoms. The van der Waals surface area contributed by atoms with Crippen LogP contribution in [0.4, 0.5) is 5.69 Å². The Bertz CT molecular complexity index is 1110. The van der Waals surface area contributed by atoms with Gasteiger partial charge in [0.2, 0.25) is 0 Å². The summed E-state index contributed by atoms with van der Waals surface area (Å²) in [5, 5.41) is 19.3. The Morgan fingerprint density at radius 1 is 1.09 bits per heavy atom. The standard InChI is InChI=1S/C25H26N2O5S/c1-15-21(14-33-23-20(24(29)30)6-3-11-27-23)31-25(18-4-2-5-19(26)12-18)32-22(15)17-9-7-16(13-28)8-10-17/h2-12,15,21-22,25,28H,13-14,26H2,1H3,(H,29,30)/t15-,21+,22+,25?/m0/s1. The number of aromatic carboxylic acids is 1. The van der Waals surface area contributed by atoms with E-state index in [9.17, 15) is 15.0 Å². The van der Waals surface area contributed by atoms with Crippen molar-refractivity contribution >= 4 is 23.4 Å². The zero-order valence-corrected chi connectivity index (χ0v) is 18.9. The topological polar surface area (TPSA) is 115 Å². The Morgan fingerprint density at radius 3 is 2.58 bits per heavy atom. The number of aromatic nitrogens is 1. The molecule has 0 saturated carbocycles. The molecule has 3 aromatic rings. The van der Waals surface area contributed by atoms with Gasteiger partial charge >= 0.3 is 5.97 Å². The number of nitrogen functional groups attached to an aromatic ring is 1. The van der Waals surface area contributed by atoms with Crippen LogP contribution in [-0.2, 0) is 16.1 Å². The summed E-state index contributed by atoms with van der Waals surface area (Å²) in [5.41, 5.74) is 9.40. The van der Waals surface area contributed by atoms with Crippen molar-refractivity contribution in [2.45, 2.75) is 37.1 Å². The lowest BCUT2D eigenvalue weighted by Gasteiger charge is -2.41. The number of nitrogens with zero attached hydrogens (tertiary/aromatic N) is 1. The van der Waals surface area contributed by atoms with Crippen molar-refractivity contribution in [3.8, 4) is 0 Å². The molecule has 2 aromatic carbocycles. The van der Waals surface area contributed by atoms with Gasteiger partial charge in [-0.15, -0.1) is 11.8 Å². The molecule has 1 saturated heterocycles. The van der Waals surface area contributed by atoms with Gasteiger partial charge in [0, 0.05) is 29.1 Å². The van der Waals surface area contributed by atoms with Crippen molar-refractivity contribution in [3.63, 3.8) is 0 Å². The Morgan fingerprint density at radius 2 is 1.88 bits per heavy atom. The summed E-state index contributed by atoms with van der Waals surface area (Å²) in [6.07, 6.45) is 0.470. The Labute approximate surface area is 196 Å². The fourth-order valence-corrected chi connectivity index (χ4v) is 5.00. The highest BCUT2D eigenvalue weighted by molar-refractivity contribution is 7.99. The molecule has 4 N–H and O–H groups in total. The monoisotopic (exact) mass is 466 g/mol. The van der Waals surface area contributed by atoms with Crippen LogP contribution in [0.5, 0.6) is 0 Å². The van der Waals surface area contributed by atoms with Gasteiger partial charge in [0.15, 0.2) is 6.29 Å². The van der Waals surface area contributed by atoms with E-state index in [0.29, 0.717) is 16.5 Å². The lowest BCUT2D eigenvalue weighted by Crippen LogP contribution is -2.38. The molecule has 4 atom stereocenters. The minimum atomic E-state index is -1.01. The van der Waals surface area contributed by atoms with Gasteiger partial charge in [-0.1, -0.05) is 43.3 Å². The first-order chi connectivity index (χ1) is 16.0. The number of aliphatic hydroxyl groups excluding tert-OH is 1. The average Bonchev–Trinajstić information content (AvgIpc) is 2.83. The van der Waals surface area contributed by atoms with Gasteiger partial charge in [-0.25, -0.2) is 9.78 Å². The van der Waals surface area contributed by atoms with Crippen LogP contribution in [0.3, 0.4) is 0 Å². The maximum absolute atomic E-state index is 11.6. The summed E-state index contributed by atoms with van der Waals surface area (Å²) in [4.78, 5) is 15.8. The SMILES string of the molecule is C[C@H]1[C@@H](CSc2ncccc2C(=O)O)OC(c2cccc(N)c2)O[C@H]1c1ccc(CO)cc1. The van der Waals surface area contributed by atoms with Crippen molar-refractivity contribution in [2.24, 2.45) is 5.92 Å². The van der Waals surface area contributed by atoms with E-state index in [1.807, 2.05) is 48.5 Å². The summed E-state index contributed by atoms with van der Waals surface area (Å²) in [5.74, 6) is -0.524. The summed E-state index contributed by atoms with van der Waals surface area (Å²) in [7, 11) is 0. The average molecular weight is 467 g/mol. The highest BCUT2D eigenvalue weighted by atomic mass is 32.2. The lowest BCUT2D eigenvalue weighted by atomic mass is 9.91. The first-order valence-corrected chi connectivity index (χ1v) is 11.6. The molecule has 0 spiro atoms. The number of hydrogen-bond donors (Lipinski definition) is 3. The number of hydrogen-bond acceptors (Lipinski definition) is 7. The number of carboxylic acid groups (broad SMARTS) is 1. The van der Waals surface area contributed by atoms with E-state index < -0.39 is 12.3 Å². The molecule has 0 amide bonds. The predicted octanol–water partition coefficient (Wildman–Crippen LogP) is 4.44. The van der Waals surface area contributed by atoms with Crippen molar-refractivity contribution in [3.05, 3.63) is 89.1 Å². The molecule has 1 unspecified atom stereocenters. The fourth-order valence-electron chi connectivity index (χ4n) is 3.85. The predicted molar refractivity (Wildman–Crippen MR) is 126 cm³/mol. The zero-order chi connectivity index (χ0) is 23.4. The molecule has 0 aliphatic carbocycles. The Kier molecular flexibility index (Phi) is 7.29. The van der Waals surface area contributed by atoms with Crippen molar-refractivity contribution in [2.75, 3.05) is 11.5 Å². The van der Waals surface area contributed by atoms with E-state index in [1.165, 1.54) is 11.8 Å². The van der Waals surface area contributed by atoms with E-state index in [1.54, 1.807) is 18.3 Å². The van der Waals surface area contributed by atoms with E-state index in [-0.39, 0.29) is 30.3 Å². The van der Waals surface area contributed by atoms with Crippen LogP contribution in [0.15, 0.2) is 71.9 Å². The number of anilines is 1. The third kappa shape index (κ3) is 5.36. The number of rotatable bonds is 7. The molecule has 1 fully saturated rings. The maximum Gasteiger partial charge on any atom is 0.338 e. The zero-order valence-electron chi connectivity index (χ0n) is 18.1. The van der Waals surface area contributed by atoms with Gasteiger partial charge in [-0.2, -0.15) is 0 Å². The molecule has 4 rings (SSSR count). The molecular formula is C25H26N2O5S. The van der Waals surface area contributed by atoms with Crippen LogP contribution in [0.1, 0.15) is 46.4 Å². The molecule has 0 radical (unpaired) electrons. The first-order valence-electron chi connectivity index (χ1n) is 10.6. The van der Waals surface area contributed by atoms with Crippen LogP contribution in [-0.4, -0.2) is 33.0 Å². The minimum Gasteiger partial charge on any atom is -0.478 e. The maximum atomic E-state index is 11.6. The van der Waals surface area contributed by atoms with Gasteiger partial charge in [0.1, 0.15) is 5.03 Å². The fraction of sp³-hybridized carbons (Fsp3) is 0.280. The van der Waals surface area contributed by atoms with Crippen molar-refractivity contribution < 1.29 is 24.5 Å². The summed E-state index contributed by atoms with van der Waals surface area (Å²) >= 11 is 1.36. The molecule has 8 heteroatoms. The van der Waals surface area contributed by atoms with E-state index in [4.69, 9.17) is 15.2 Å². The largest absolute Gasteiger partial charge is 0.478 e. The molecule has 1 aromatic heterocycles. The number of thioether (sulfide) groups is 1. The van der Waals surface area contributed by atoms with Crippen molar-refractivity contribution in [1.82, 2.24) is 4.98 Å². The summed E-state index contributed by atoms with van der Waals surface area (Å²) < 4.78 is 12.7. The smallest absolute Gasteiger partial charge is 0.338 e. The lowest BCUT2D eigenvalue weighted by molar-refractivity contribution is -0.268. The number of carbonyl (C=O) groups is 1. The molecular weight excluding hydrogens is 440 g/mol. The van der Waals surface area contributed by atoms with Crippen LogP contribution in [0.2, 0.25) is 0 Å². The molecule has 1 aliphatic heterocycles. The highest BCUT2D eigenvalue weighted by Crippen LogP contribution is 2.43. The highest BCUT2D eigenvalue weighted by Gasteiger charge is 2.38. The van der Waals surface area contributed by atoms with Crippen LogP contribution in [0, 0.1) is 5.92 Å². The van der Waals surface area contributed by atoms with Crippen LogP contribution >= 0.6 is 11.8 Å². The molecule has 0 bridgehead atoms. The number of pyridine rings is 1. The Balaban J connectivity index is 1.61. The number of carboxylic acids is 1. The third-order valence-corrected chi connectivity index (χ3v) is 6.79. The van der Waals surface area contributed by atoms with E-state index in [0.717, 1.165) is 16.7 Å². The molecule has 1 aliphatic rings. The van der Waals surface area contributed by atoms with Gasteiger partial charge in [-0.3, -0.25) is 0 Å². The second-order valence-electron chi connectivity index (χ2n) is 7.96. The van der Waals surface area contributed by atoms with Gasteiger partial charge in [0.25, 0.3) is 0 Å². The molecule has 172 valence electrons. The first kappa shape index (κ1) is 23.3. The van der Waals surface area contributed by atoms with Crippen LogP contribution in [0.25, 0.3) is 0 Å². The number of aliphatic hydroxyl groups is 1. The normalized spacial score (nSPS) is 22.7. The molecule has 2 heterocycles. The van der Waals surface area contributed by atoms with E-state index >= 15 is 0 Å². The van der Waals surface area contributed by atoms with Crippen LogP contribution < -0.4 is 5.73 Å². The van der Waals surface area contributed by atoms with Gasteiger partial charge in [0.05, 0.1) is 24.4 Å². The van der Waals surface area contributed by atoms with E-state index in [2.05, 4.69) is 11.9 Å². The minimum absolute atomic E-state index is 0.0215. The Hall–Kier alpha value is -2.91. The number of ether oxygens (including phenoxy) is 2. The summed E-state index contributed by atoms with van der Waals surface area (Å²) in [6, 6.07) is 18.3. The summed E-state index contributed by atoms with van der Waals surface area (Å²) in [6.45, 7) is 2.04. The second kappa shape index (κ2) is 10.4.